The van der Waals surface area contributed by atoms with Crippen molar-refractivity contribution in [1.29, 1.82) is 0 Å². The zero-order valence-corrected chi connectivity index (χ0v) is 11.1. The van der Waals surface area contributed by atoms with Crippen LogP contribution in [0.5, 0.6) is 0 Å². The summed E-state index contributed by atoms with van der Waals surface area (Å²) in [5.41, 5.74) is 2.68. The lowest BCUT2D eigenvalue weighted by Gasteiger charge is -2.22. The summed E-state index contributed by atoms with van der Waals surface area (Å²) in [6, 6.07) is 8.71. The maximum absolute atomic E-state index is 3.60. The zero-order chi connectivity index (χ0) is 12.1. The third-order valence-corrected chi connectivity index (χ3v) is 3.69. The van der Waals surface area contributed by atoms with Crippen LogP contribution in [0.25, 0.3) is 0 Å². The summed E-state index contributed by atoms with van der Waals surface area (Å²) in [6.45, 7) is 8.04. The molecule has 1 fully saturated rings. The summed E-state index contributed by atoms with van der Waals surface area (Å²) in [5.74, 6) is 0.738. The smallest absolute Gasteiger partial charge is 0.0602 e. The molecule has 1 unspecified atom stereocenters. The molecule has 17 heavy (non-hydrogen) atoms. The maximum atomic E-state index is 3.60. The molecular formula is C15H24N2. The second-order valence-corrected chi connectivity index (χ2v) is 5.11. The quantitative estimate of drug-likeness (QED) is 0.832. The van der Waals surface area contributed by atoms with Crippen LogP contribution in [0.4, 0.5) is 11.4 Å². The van der Waals surface area contributed by atoms with Gasteiger partial charge in [0, 0.05) is 19.6 Å². The molecule has 0 amide bonds. The molecule has 2 heteroatoms. The number of nitrogens with zero attached hydrogens (tertiary/aromatic N) is 1. The van der Waals surface area contributed by atoms with E-state index in [-0.39, 0.29) is 0 Å². The Balaban J connectivity index is 2.04. The van der Waals surface area contributed by atoms with Gasteiger partial charge >= 0.3 is 0 Å². The van der Waals surface area contributed by atoms with Crippen molar-refractivity contribution >= 4 is 11.4 Å². The predicted molar refractivity (Wildman–Crippen MR) is 75.8 cm³/mol. The van der Waals surface area contributed by atoms with Gasteiger partial charge in [-0.15, -0.1) is 0 Å². The summed E-state index contributed by atoms with van der Waals surface area (Å²) in [7, 11) is 0. The van der Waals surface area contributed by atoms with Gasteiger partial charge in [0.15, 0.2) is 0 Å². The molecule has 0 bridgehead atoms. The molecule has 1 saturated heterocycles. The highest BCUT2D eigenvalue weighted by molar-refractivity contribution is 5.70. The van der Waals surface area contributed by atoms with Crippen molar-refractivity contribution in [2.45, 2.75) is 33.1 Å². The third kappa shape index (κ3) is 3.15. The standard InChI is InChI=1S/C15H24N2/c1-3-13(2)12-16-14-8-4-5-9-15(14)17-10-6-7-11-17/h4-5,8-9,13,16H,3,6-7,10-12H2,1-2H3. The average molecular weight is 232 g/mol. The second kappa shape index (κ2) is 5.95. The molecule has 94 valence electrons. The van der Waals surface area contributed by atoms with E-state index in [1.165, 1.54) is 43.7 Å². The first-order valence-electron chi connectivity index (χ1n) is 6.89. The van der Waals surface area contributed by atoms with E-state index in [0.717, 1.165) is 12.5 Å². The van der Waals surface area contributed by atoms with Gasteiger partial charge in [-0.2, -0.15) is 0 Å². The minimum absolute atomic E-state index is 0.738. The molecule has 1 N–H and O–H groups in total. The van der Waals surface area contributed by atoms with Crippen LogP contribution in [-0.2, 0) is 0 Å². The molecule has 0 saturated carbocycles. The Kier molecular flexibility index (Phi) is 4.29. The van der Waals surface area contributed by atoms with Gasteiger partial charge in [0.05, 0.1) is 11.4 Å². The van der Waals surface area contributed by atoms with Crippen LogP contribution in [0.2, 0.25) is 0 Å². The molecular weight excluding hydrogens is 208 g/mol. The number of para-hydroxylation sites is 2. The zero-order valence-electron chi connectivity index (χ0n) is 11.1. The Bertz CT molecular complexity index is 343. The molecule has 0 aromatic heterocycles. The molecule has 2 nitrogen and oxygen atoms in total. The Morgan fingerprint density at radius 2 is 1.94 bits per heavy atom. The van der Waals surface area contributed by atoms with Gasteiger partial charge in [0.25, 0.3) is 0 Å². The minimum Gasteiger partial charge on any atom is -0.383 e. The maximum Gasteiger partial charge on any atom is 0.0602 e. The van der Waals surface area contributed by atoms with E-state index in [9.17, 15) is 0 Å². The van der Waals surface area contributed by atoms with Gasteiger partial charge in [-0.3, -0.25) is 0 Å². The predicted octanol–water partition coefficient (Wildman–Crippen LogP) is 3.74. The van der Waals surface area contributed by atoms with Crippen LogP contribution in [0, 0.1) is 5.92 Å². The number of anilines is 2. The number of rotatable bonds is 5. The van der Waals surface area contributed by atoms with Crippen molar-refractivity contribution in [2.75, 3.05) is 29.9 Å². The Morgan fingerprint density at radius 3 is 2.65 bits per heavy atom. The third-order valence-electron chi connectivity index (χ3n) is 3.69. The number of nitrogens with one attached hydrogen (secondary N) is 1. The van der Waals surface area contributed by atoms with Crippen LogP contribution in [0.3, 0.4) is 0 Å². The van der Waals surface area contributed by atoms with Crippen molar-refractivity contribution < 1.29 is 0 Å². The summed E-state index contributed by atoms with van der Waals surface area (Å²) >= 11 is 0. The molecule has 2 rings (SSSR count). The lowest BCUT2D eigenvalue weighted by atomic mass is 10.1. The fraction of sp³-hybridized carbons (Fsp3) is 0.600. The van der Waals surface area contributed by atoms with Crippen LogP contribution < -0.4 is 10.2 Å². The van der Waals surface area contributed by atoms with Gasteiger partial charge in [-0.05, 0) is 30.9 Å². The molecule has 1 atom stereocenters. The van der Waals surface area contributed by atoms with E-state index >= 15 is 0 Å². The summed E-state index contributed by atoms with van der Waals surface area (Å²) in [4.78, 5) is 2.50. The van der Waals surface area contributed by atoms with Crippen molar-refractivity contribution in [3.63, 3.8) is 0 Å². The average Bonchev–Trinajstić information content (AvgIpc) is 2.90. The van der Waals surface area contributed by atoms with Gasteiger partial charge in [0.1, 0.15) is 0 Å². The lowest BCUT2D eigenvalue weighted by molar-refractivity contribution is 0.593. The van der Waals surface area contributed by atoms with E-state index in [4.69, 9.17) is 0 Å². The number of benzene rings is 1. The van der Waals surface area contributed by atoms with E-state index < -0.39 is 0 Å². The molecule has 0 spiro atoms. The van der Waals surface area contributed by atoms with Gasteiger partial charge < -0.3 is 10.2 Å². The van der Waals surface area contributed by atoms with Gasteiger partial charge in [-0.1, -0.05) is 32.4 Å². The first-order chi connectivity index (χ1) is 8.31. The summed E-state index contributed by atoms with van der Waals surface area (Å²) in [6.07, 6.45) is 3.90. The topological polar surface area (TPSA) is 15.3 Å². The molecule has 0 aliphatic carbocycles. The number of hydrogen-bond donors (Lipinski definition) is 1. The van der Waals surface area contributed by atoms with Crippen LogP contribution in [-0.4, -0.2) is 19.6 Å². The van der Waals surface area contributed by atoms with Gasteiger partial charge in [-0.25, -0.2) is 0 Å². The number of hydrogen-bond acceptors (Lipinski definition) is 2. The fourth-order valence-corrected chi connectivity index (χ4v) is 2.29. The van der Waals surface area contributed by atoms with Crippen molar-refractivity contribution in [3.8, 4) is 0 Å². The molecule has 1 heterocycles. The van der Waals surface area contributed by atoms with Crippen LogP contribution in [0.15, 0.2) is 24.3 Å². The minimum atomic E-state index is 0.738. The largest absolute Gasteiger partial charge is 0.383 e. The molecule has 0 radical (unpaired) electrons. The van der Waals surface area contributed by atoms with Crippen molar-refractivity contribution in [2.24, 2.45) is 5.92 Å². The van der Waals surface area contributed by atoms with E-state index in [2.05, 4.69) is 48.3 Å². The van der Waals surface area contributed by atoms with E-state index in [1.54, 1.807) is 0 Å². The van der Waals surface area contributed by atoms with Crippen LogP contribution >= 0.6 is 0 Å². The second-order valence-electron chi connectivity index (χ2n) is 5.11. The highest BCUT2D eigenvalue weighted by Crippen LogP contribution is 2.28. The normalized spacial score (nSPS) is 17.2. The first-order valence-corrected chi connectivity index (χ1v) is 6.89. The lowest BCUT2D eigenvalue weighted by Crippen LogP contribution is -2.20. The van der Waals surface area contributed by atoms with Gasteiger partial charge in [0.2, 0.25) is 0 Å². The highest BCUT2D eigenvalue weighted by atomic mass is 15.2. The summed E-state index contributed by atoms with van der Waals surface area (Å²) in [5, 5.41) is 3.60. The highest BCUT2D eigenvalue weighted by Gasteiger charge is 2.15. The van der Waals surface area contributed by atoms with Crippen molar-refractivity contribution in [1.82, 2.24) is 0 Å². The molecule has 1 aliphatic heterocycles. The SMILES string of the molecule is CCC(C)CNc1ccccc1N1CCCC1. The van der Waals surface area contributed by atoms with Crippen molar-refractivity contribution in [3.05, 3.63) is 24.3 Å². The first kappa shape index (κ1) is 12.3. The fourth-order valence-electron chi connectivity index (χ4n) is 2.29. The van der Waals surface area contributed by atoms with E-state index in [0.29, 0.717) is 0 Å². The Hall–Kier alpha value is -1.18. The summed E-state index contributed by atoms with van der Waals surface area (Å²) < 4.78 is 0. The Labute approximate surface area is 105 Å². The molecule has 1 aromatic rings. The Morgan fingerprint density at radius 1 is 1.24 bits per heavy atom. The van der Waals surface area contributed by atoms with E-state index in [1.807, 2.05) is 0 Å². The molecule has 1 aromatic carbocycles. The molecule has 1 aliphatic rings. The monoisotopic (exact) mass is 232 g/mol. The van der Waals surface area contributed by atoms with Crippen LogP contribution in [0.1, 0.15) is 33.1 Å².